The third kappa shape index (κ3) is 1.66. The summed E-state index contributed by atoms with van der Waals surface area (Å²) in [6.45, 7) is 11.9. The van der Waals surface area contributed by atoms with Gasteiger partial charge in [0.05, 0.1) is 11.2 Å². The molecule has 0 amide bonds. The van der Waals surface area contributed by atoms with Crippen molar-refractivity contribution >= 4 is 0 Å². The van der Waals surface area contributed by atoms with Crippen molar-refractivity contribution in [3.8, 4) is 0 Å². The molecule has 1 aromatic heterocycles. The summed E-state index contributed by atoms with van der Waals surface area (Å²) in [6.07, 6.45) is 0. The molecule has 16 heavy (non-hydrogen) atoms. The average Bonchev–Trinajstić information content (AvgIpc) is 2.63. The average molecular weight is 224 g/mol. The van der Waals surface area contributed by atoms with E-state index in [0.717, 1.165) is 30.1 Å². The molecule has 0 aromatic carbocycles. The molecule has 4 nitrogen and oxygen atoms in total. The highest BCUT2D eigenvalue weighted by atomic mass is 16.6. The molecule has 0 unspecified atom stereocenters. The molecule has 1 aliphatic heterocycles. The molecule has 90 valence electrons. The second-order valence-corrected chi connectivity index (χ2v) is 5.24. The molecule has 4 heteroatoms. The molecule has 1 N–H and O–H groups in total. The maximum Gasteiger partial charge on any atom is 0.174 e. The van der Waals surface area contributed by atoms with Crippen LogP contribution in [0.1, 0.15) is 51.6 Å². The molecule has 0 saturated carbocycles. The molecule has 2 rings (SSSR count). The number of hydrogen-bond donors (Lipinski definition) is 1. The first kappa shape index (κ1) is 11.6. The van der Waals surface area contributed by atoms with Crippen molar-refractivity contribution in [2.24, 2.45) is 0 Å². The number of rotatable bonds is 3. The lowest BCUT2D eigenvalue weighted by atomic mass is 9.95. The van der Waals surface area contributed by atoms with Gasteiger partial charge in [-0.2, -0.15) is 0 Å². The number of nitrogens with one attached hydrogen (secondary N) is 1. The first-order valence-corrected chi connectivity index (χ1v) is 5.79. The van der Waals surface area contributed by atoms with Crippen molar-refractivity contribution in [1.82, 2.24) is 10.5 Å². The molecule has 0 atom stereocenters. The van der Waals surface area contributed by atoms with Crippen LogP contribution < -0.4 is 5.32 Å². The third-order valence-electron chi connectivity index (χ3n) is 2.96. The predicted octanol–water partition coefficient (Wildman–Crippen LogP) is 2.28. The Morgan fingerprint density at radius 1 is 1.19 bits per heavy atom. The van der Waals surface area contributed by atoms with E-state index < -0.39 is 0 Å². The van der Waals surface area contributed by atoms with Crippen molar-refractivity contribution in [2.45, 2.75) is 52.4 Å². The molecule has 1 aliphatic rings. The van der Waals surface area contributed by atoms with Crippen LogP contribution in [0.3, 0.4) is 0 Å². The molecular formula is C12H20N2O2. The molecule has 0 aliphatic carbocycles. The Bertz CT molecular complexity index is 394. The van der Waals surface area contributed by atoms with Gasteiger partial charge in [0.15, 0.2) is 5.76 Å². The molecule has 0 radical (unpaired) electrons. The Labute approximate surface area is 96.3 Å². The van der Waals surface area contributed by atoms with Gasteiger partial charge in [-0.25, -0.2) is 0 Å². The summed E-state index contributed by atoms with van der Waals surface area (Å²) in [5.74, 6) is 0.866. The maximum absolute atomic E-state index is 6.01. The summed E-state index contributed by atoms with van der Waals surface area (Å²) >= 11 is 0. The van der Waals surface area contributed by atoms with E-state index in [0.29, 0.717) is 0 Å². The van der Waals surface area contributed by atoms with E-state index in [-0.39, 0.29) is 11.2 Å². The lowest BCUT2D eigenvalue weighted by Gasteiger charge is -2.24. The number of fused-ring (bicyclic) bond motifs is 1. The van der Waals surface area contributed by atoms with Crippen molar-refractivity contribution in [3.63, 3.8) is 0 Å². The molecule has 0 bridgehead atoms. The monoisotopic (exact) mass is 224 g/mol. The smallest absolute Gasteiger partial charge is 0.174 e. The van der Waals surface area contributed by atoms with E-state index in [4.69, 9.17) is 9.26 Å². The van der Waals surface area contributed by atoms with Crippen LogP contribution in [-0.4, -0.2) is 11.7 Å². The van der Waals surface area contributed by atoms with Gasteiger partial charge in [0, 0.05) is 6.54 Å². The number of aromatic nitrogens is 1. The fourth-order valence-electron chi connectivity index (χ4n) is 2.45. The summed E-state index contributed by atoms with van der Waals surface area (Å²) in [7, 11) is 0. The van der Waals surface area contributed by atoms with Gasteiger partial charge in [0.2, 0.25) is 0 Å². The largest absolute Gasteiger partial charge is 0.358 e. The number of ether oxygens (including phenoxy) is 1. The Morgan fingerprint density at radius 3 is 2.50 bits per heavy atom. The van der Waals surface area contributed by atoms with Crippen LogP contribution in [0, 0.1) is 0 Å². The van der Waals surface area contributed by atoms with Gasteiger partial charge in [-0.15, -0.1) is 0 Å². The van der Waals surface area contributed by atoms with Crippen LogP contribution in [0.5, 0.6) is 0 Å². The minimum Gasteiger partial charge on any atom is -0.358 e. The second kappa shape index (κ2) is 3.57. The van der Waals surface area contributed by atoms with Gasteiger partial charge in [-0.3, -0.25) is 0 Å². The maximum atomic E-state index is 6.01. The fraction of sp³-hybridized carbons (Fsp3) is 0.750. The summed E-state index contributed by atoms with van der Waals surface area (Å²) in [5, 5.41) is 7.42. The Balaban J connectivity index is 2.40. The van der Waals surface area contributed by atoms with Crippen LogP contribution >= 0.6 is 0 Å². The van der Waals surface area contributed by atoms with Gasteiger partial charge in [0.25, 0.3) is 0 Å². The highest BCUT2D eigenvalue weighted by Crippen LogP contribution is 2.47. The van der Waals surface area contributed by atoms with Crippen molar-refractivity contribution in [1.29, 1.82) is 0 Å². The fourth-order valence-corrected chi connectivity index (χ4v) is 2.45. The minimum atomic E-state index is -0.379. The highest BCUT2D eigenvalue weighted by Gasteiger charge is 2.48. The Morgan fingerprint density at radius 2 is 1.88 bits per heavy atom. The molecule has 1 aromatic rings. The van der Waals surface area contributed by atoms with E-state index >= 15 is 0 Å². The normalized spacial score (nSPS) is 21.1. The lowest BCUT2D eigenvalue weighted by Crippen LogP contribution is -2.24. The van der Waals surface area contributed by atoms with Gasteiger partial charge >= 0.3 is 0 Å². The Hall–Kier alpha value is -0.870. The van der Waals surface area contributed by atoms with E-state index in [2.05, 4.69) is 31.2 Å². The number of nitrogens with zero attached hydrogens (tertiary/aromatic N) is 1. The first-order valence-electron chi connectivity index (χ1n) is 5.79. The van der Waals surface area contributed by atoms with Gasteiger partial charge in [-0.1, -0.05) is 12.1 Å². The molecular weight excluding hydrogens is 204 g/mol. The van der Waals surface area contributed by atoms with Gasteiger partial charge in [0.1, 0.15) is 11.3 Å². The standard InChI is InChI=1S/C12H20N2O2/c1-6-13-7-8-9-10(15-14-8)12(4,5)16-11(9,2)3/h13H,6-7H2,1-5H3. The molecule has 0 fully saturated rings. The van der Waals surface area contributed by atoms with Crippen LogP contribution in [-0.2, 0) is 22.5 Å². The van der Waals surface area contributed by atoms with E-state index in [1.807, 2.05) is 13.8 Å². The van der Waals surface area contributed by atoms with E-state index in [1.165, 1.54) is 0 Å². The summed E-state index contributed by atoms with van der Waals surface area (Å²) in [6, 6.07) is 0. The topological polar surface area (TPSA) is 47.3 Å². The third-order valence-corrected chi connectivity index (χ3v) is 2.96. The van der Waals surface area contributed by atoms with Crippen LogP contribution in [0.2, 0.25) is 0 Å². The first-order chi connectivity index (χ1) is 7.38. The SMILES string of the molecule is CCNCc1noc2c1C(C)(C)OC2(C)C. The Kier molecular flexibility index (Phi) is 2.59. The summed E-state index contributed by atoms with van der Waals surface area (Å²) in [4.78, 5) is 0. The lowest BCUT2D eigenvalue weighted by molar-refractivity contribution is -0.114. The minimum absolute atomic E-state index is 0.316. The van der Waals surface area contributed by atoms with Gasteiger partial charge in [-0.05, 0) is 34.2 Å². The zero-order chi connectivity index (χ0) is 12.0. The zero-order valence-electron chi connectivity index (χ0n) is 10.7. The van der Waals surface area contributed by atoms with Gasteiger partial charge < -0.3 is 14.6 Å². The van der Waals surface area contributed by atoms with E-state index in [9.17, 15) is 0 Å². The summed E-state index contributed by atoms with van der Waals surface area (Å²) < 4.78 is 11.4. The zero-order valence-corrected chi connectivity index (χ0v) is 10.7. The van der Waals surface area contributed by atoms with Crippen LogP contribution in [0.15, 0.2) is 4.52 Å². The highest BCUT2D eigenvalue weighted by molar-refractivity contribution is 5.36. The van der Waals surface area contributed by atoms with E-state index in [1.54, 1.807) is 0 Å². The van der Waals surface area contributed by atoms with Crippen molar-refractivity contribution < 1.29 is 9.26 Å². The second-order valence-electron chi connectivity index (χ2n) is 5.24. The molecule has 0 spiro atoms. The quantitative estimate of drug-likeness (QED) is 0.855. The summed E-state index contributed by atoms with van der Waals surface area (Å²) in [5.41, 5.74) is 1.38. The van der Waals surface area contributed by atoms with Crippen LogP contribution in [0.25, 0.3) is 0 Å². The molecule has 0 saturated heterocycles. The van der Waals surface area contributed by atoms with Crippen LogP contribution in [0.4, 0.5) is 0 Å². The predicted molar refractivity (Wildman–Crippen MR) is 61.0 cm³/mol. The number of hydrogen-bond acceptors (Lipinski definition) is 4. The van der Waals surface area contributed by atoms with Crippen molar-refractivity contribution in [2.75, 3.05) is 6.54 Å². The molecule has 2 heterocycles. The van der Waals surface area contributed by atoms with Crippen molar-refractivity contribution in [3.05, 3.63) is 17.0 Å².